The van der Waals surface area contributed by atoms with E-state index in [1.165, 1.54) is 36.6 Å². The molecule has 0 fully saturated rings. The van der Waals surface area contributed by atoms with E-state index in [4.69, 9.17) is 5.84 Å². The minimum absolute atomic E-state index is 0.113. The van der Waals surface area contributed by atoms with Crippen molar-refractivity contribution in [2.75, 3.05) is 0 Å². The fourth-order valence-corrected chi connectivity index (χ4v) is 2.57. The van der Waals surface area contributed by atoms with Crippen molar-refractivity contribution in [3.8, 4) is 0 Å². The van der Waals surface area contributed by atoms with Crippen LogP contribution >= 0.6 is 0 Å². The average Bonchev–Trinajstić information content (AvgIpc) is 2.43. The van der Waals surface area contributed by atoms with Crippen LogP contribution < -0.4 is 11.3 Å². The third-order valence-electron chi connectivity index (χ3n) is 3.64. The molecule has 1 aliphatic rings. The van der Waals surface area contributed by atoms with E-state index in [0.717, 1.165) is 19.3 Å². The Bertz CT molecular complexity index is 437. The number of hydrazine groups is 1. The summed E-state index contributed by atoms with van der Waals surface area (Å²) in [7, 11) is 0. The number of nitrogens with two attached hydrogens (primary N) is 1. The van der Waals surface area contributed by atoms with Crippen LogP contribution in [0.1, 0.15) is 37.7 Å². The molecule has 0 amide bonds. The first-order chi connectivity index (χ1) is 9.20. The molecule has 1 aromatic rings. The van der Waals surface area contributed by atoms with Crippen LogP contribution in [0.3, 0.4) is 0 Å². The van der Waals surface area contributed by atoms with Crippen molar-refractivity contribution in [1.82, 2.24) is 5.43 Å². The summed E-state index contributed by atoms with van der Waals surface area (Å²) in [5, 5.41) is 0. The predicted octanol–water partition coefficient (Wildman–Crippen LogP) is 3.23. The van der Waals surface area contributed by atoms with E-state index >= 15 is 0 Å². The van der Waals surface area contributed by atoms with Gasteiger partial charge < -0.3 is 0 Å². The number of rotatable bonds is 5. The molecule has 104 valence electrons. The zero-order valence-corrected chi connectivity index (χ0v) is 11.0. The highest BCUT2D eigenvalue weighted by molar-refractivity contribution is 5.21. The van der Waals surface area contributed by atoms with Crippen LogP contribution in [0.25, 0.3) is 0 Å². The second-order valence-corrected chi connectivity index (χ2v) is 5.08. The number of benzene rings is 1. The molecule has 0 radical (unpaired) electrons. The highest BCUT2D eigenvalue weighted by Crippen LogP contribution is 2.23. The van der Waals surface area contributed by atoms with Crippen LogP contribution in [0.15, 0.2) is 29.8 Å². The summed E-state index contributed by atoms with van der Waals surface area (Å²) in [5.74, 6) is 4.51. The summed E-state index contributed by atoms with van der Waals surface area (Å²) in [6.45, 7) is 0. The van der Waals surface area contributed by atoms with Crippen LogP contribution in [-0.2, 0) is 6.42 Å². The molecule has 2 rings (SSSR count). The molecule has 0 aliphatic heterocycles. The third kappa shape index (κ3) is 3.85. The summed E-state index contributed by atoms with van der Waals surface area (Å²) < 4.78 is 27.2. The van der Waals surface area contributed by atoms with Crippen molar-refractivity contribution in [3.63, 3.8) is 0 Å². The molecule has 1 atom stereocenters. The Labute approximate surface area is 112 Å². The number of nitrogens with one attached hydrogen (secondary N) is 1. The normalized spacial score (nSPS) is 17.1. The van der Waals surface area contributed by atoms with E-state index < -0.39 is 11.6 Å². The van der Waals surface area contributed by atoms with E-state index in [-0.39, 0.29) is 18.0 Å². The molecule has 1 aromatic carbocycles. The maximum Gasteiger partial charge on any atom is 0.129 e. The van der Waals surface area contributed by atoms with Gasteiger partial charge in [-0.25, -0.2) is 8.78 Å². The quantitative estimate of drug-likeness (QED) is 0.488. The molecule has 0 heterocycles. The van der Waals surface area contributed by atoms with Gasteiger partial charge in [0.2, 0.25) is 0 Å². The number of halogens is 2. The first-order valence-electron chi connectivity index (χ1n) is 6.77. The Kier molecular flexibility index (Phi) is 5.05. The lowest BCUT2D eigenvalue weighted by Gasteiger charge is -2.20. The van der Waals surface area contributed by atoms with E-state index in [0.29, 0.717) is 0 Å². The molecule has 2 nitrogen and oxygen atoms in total. The average molecular weight is 266 g/mol. The van der Waals surface area contributed by atoms with Crippen LogP contribution in [0.5, 0.6) is 0 Å². The molecule has 1 unspecified atom stereocenters. The lowest BCUT2D eigenvalue weighted by molar-refractivity contribution is 0.474. The van der Waals surface area contributed by atoms with Gasteiger partial charge in [-0.3, -0.25) is 11.3 Å². The van der Waals surface area contributed by atoms with Crippen molar-refractivity contribution in [3.05, 3.63) is 47.0 Å². The molecule has 19 heavy (non-hydrogen) atoms. The maximum atomic E-state index is 13.6. The van der Waals surface area contributed by atoms with Gasteiger partial charge in [0.05, 0.1) is 0 Å². The SMILES string of the molecule is NNC(CC1=CCCCC1)Cc1c(F)cccc1F. The summed E-state index contributed by atoms with van der Waals surface area (Å²) in [5.41, 5.74) is 4.13. The van der Waals surface area contributed by atoms with E-state index in [1.807, 2.05) is 0 Å². The minimum atomic E-state index is -0.502. The molecular weight excluding hydrogens is 246 g/mol. The smallest absolute Gasteiger partial charge is 0.129 e. The molecule has 4 heteroatoms. The van der Waals surface area contributed by atoms with Crippen molar-refractivity contribution in [2.24, 2.45) is 5.84 Å². The van der Waals surface area contributed by atoms with Crippen molar-refractivity contribution in [1.29, 1.82) is 0 Å². The molecule has 0 bridgehead atoms. The van der Waals surface area contributed by atoms with Gasteiger partial charge in [-0.15, -0.1) is 0 Å². The van der Waals surface area contributed by atoms with Gasteiger partial charge in [0.25, 0.3) is 0 Å². The lowest BCUT2D eigenvalue weighted by Crippen LogP contribution is -2.37. The lowest BCUT2D eigenvalue weighted by atomic mass is 9.92. The van der Waals surface area contributed by atoms with Crippen LogP contribution in [0, 0.1) is 11.6 Å². The van der Waals surface area contributed by atoms with Gasteiger partial charge >= 0.3 is 0 Å². The summed E-state index contributed by atoms with van der Waals surface area (Å²) in [4.78, 5) is 0. The Morgan fingerprint density at radius 1 is 1.16 bits per heavy atom. The highest BCUT2D eigenvalue weighted by atomic mass is 19.1. The fraction of sp³-hybridized carbons (Fsp3) is 0.467. The van der Waals surface area contributed by atoms with Gasteiger partial charge in [0.15, 0.2) is 0 Å². The van der Waals surface area contributed by atoms with Crippen LogP contribution in [-0.4, -0.2) is 6.04 Å². The van der Waals surface area contributed by atoms with Crippen LogP contribution in [0.4, 0.5) is 8.78 Å². The van der Waals surface area contributed by atoms with E-state index in [9.17, 15) is 8.78 Å². The largest absolute Gasteiger partial charge is 0.271 e. The summed E-state index contributed by atoms with van der Waals surface area (Å²) in [6, 6.07) is 3.82. The molecule has 0 aromatic heterocycles. The standard InChI is InChI=1S/C15H20F2N2/c16-14-7-4-8-15(17)13(14)10-12(19-18)9-11-5-2-1-3-6-11/h4-5,7-8,12,19H,1-3,6,9-10,18H2. The third-order valence-corrected chi connectivity index (χ3v) is 3.64. The number of allylic oxidation sites excluding steroid dienone is 1. The van der Waals surface area contributed by atoms with Crippen molar-refractivity contribution < 1.29 is 8.78 Å². The molecule has 3 N–H and O–H groups in total. The zero-order valence-electron chi connectivity index (χ0n) is 11.0. The maximum absolute atomic E-state index is 13.6. The summed E-state index contributed by atoms with van der Waals surface area (Å²) in [6.07, 6.45) is 7.84. The molecule has 0 saturated carbocycles. The van der Waals surface area contributed by atoms with Gasteiger partial charge in [-0.2, -0.15) is 0 Å². The molecular formula is C15H20F2N2. The van der Waals surface area contributed by atoms with E-state index in [1.54, 1.807) is 0 Å². The van der Waals surface area contributed by atoms with Gasteiger partial charge in [0.1, 0.15) is 11.6 Å². The minimum Gasteiger partial charge on any atom is -0.271 e. The number of hydrogen-bond donors (Lipinski definition) is 2. The van der Waals surface area contributed by atoms with Crippen molar-refractivity contribution in [2.45, 2.75) is 44.6 Å². The Morgan fingerprint density at radius 3 is 2.47 bits per heavy atom. The van der Waals surface area contributed by atoms with Gasteiger partial charge in [-0.05, 0) is 50.7 Å². The molecule has 0 saturated heterocycles. The zero-order chi connectivity index (χ0) is 13.7. The Morgan fingerprint density at radius 2 is 1.89 bits per heavy atom. The van der Waals surface area contributed by atoms with Gasteiger partial charge in [-0.1, -0.05) is 17.7 Å². The first kappa shape index (κ1) is 14.2. The second kappa shape index (κ2) is 6.78. The summed E-state index contributed by atoms with van der Waals surface area (Å²) >= 11 is 0. The number of hydrogen-bond acceptors (Lipinski definition) is 2. The predicted molar refractivity (Wildman–Crippen MR) is 72.3 cm³/mol. The van der Waals surface area contributed by atoms with Gasteiger partial charge in [0, 0.05) is 11.6 Å². The molecule has 0 spiro atoms. The van der Waals surface area contributed by atoms with E-state index in [2.05, 4.69) is 11.5 Å². The topological polar surface area (TPSA) is 38.0 Å². The van der Waals surface area contributed by atoms with Crippen LogP contribution in [0.2, 0.25) is 0 Å². The Balaban J connectivity index is 2.04. The Hall–Kier alpha value is -1.26. The highest BCUT2D eigenvalue weighted by Gasteiger charge is 2.17. The first-order valence-corrected chi connectivity index (χ1v) is 6.77. The van der Waals surface area contributed by atoms with Crippen molar-refractivity contribution >= 4 is 0 Å². The molecule has 1 aliphatic carbocycles. The fourth-order valence-electron chi connectivity index (χ4n) is 2.57. The monoisotopic (exact) mass is 266 g/mol. The second-order valence-electron chi connectivity index (χ2n) is 5.08.